The fourth-order valence-electron chi connectivity index (χ4n) is 13.3. The van der Waals surface area contributed by atoms with Crippen LogP contribution in [0.25, 0.3) is 45.5 Å². The molecule has 0 aliphatic heterocycles. The van der Waals surface area contributed by atoms with Gasteiger partial charge >= 0.3 is 0 Å². The zero-order valence-corrected chi connectivity index (χ0v) is 46.1. The molecule has 2 unspecified atom stereocenters. The van der Waals surface area contributed by atoms with Crippen molar-refractivity contribution in [2.45, 2.75) is 10.8 Å². The molecule has 0 aromatic heterocycles. The molecule has 0 saturated heterocycles. The fraction of sp³-hybridized carbons (Fsp3) is 0.0256. The van der Waals surface area contributed by atoms with Crippen LogP contribution in [0.5, 0.6) is 0 Å². The van der Waals surface area contributed by atoms with E-state index in [4.69, 9.17) is 0 Å². The van der Waals surface area contributed by atoms with Crippen LogP contribution in [-0.2, 0) is 10.8 Å². The lowest BCUT2D eigenvalue weighted by atomic mass is 9.67. The molecular formula is C78H50F6N2. The second kappa shape index (κ2) is 21.2. The normalized spacial score (nSPS) is 15.3. The topological polar surface area (TPSA) is 6.48 Å². The molecule has 14 rings (SSSR count). The molecule has 8 heteroatoms. The van der Waals surface area contributed by atoms with Gasteiger partial charge < -0.3 is 9.80 Å². The van der Waals surface area contributed by atoms with Crippen molar-refractivity contribution in [3.63, 3.8) is 0 Å². The first-order chi connectivity index (χ1) is 42.0. The Bertz CT molecular complexity index is 4320. The lowest BCUT2D eigenvalue weighted by molar-refractivity contribution is 0.509. The Morgan fingerprint density at radius 3 is 0.919 bits per heavy atom. The molecule has 2 atom stereocenters. The summed E-state index contributed by atoms with van der Waals surface area (Å²) >= 11 is 0. The number of halogens is 6. The summed E-state index contributed by atoms with van der Waals surface area (Å²) in [5.74, 6) is -4.69. The van der Waals surface area contributed by atoms with Crippen molar-refractivity contribution >= 4 is 46.3 Å². The van der Waals surface area contributed by atoms with Gasteiger partial charge in [-0.15, -0.1) is 0 Å². The molecule has 0 amide bonds. The van der Waals surface area contributed by atoms with Crippen LogP contribution in [0.1, 0.15) is 55.6 Å². The lowest BCUT2D eigenvalue weighted by Gasteiger charge is -2.35. The molecule has 0 heterocycles. The van der Waals surface area contributed by atoms with Gasteiger partial charge in [-0.05, 0) is 186 Å². The van der Waals surface area contributed by atoms with E-state index in [1.165, 1.54) is 36.4 Å². The fourth-order valence-corrected chi connectivity index (χ4v) is 13.3. The van der Waals surface area contributed by atoms with Gasteiger partial charge in [-0.1, -0.05) is 183 Å². The molecule has 12 aromatic rings. The maximum absolute atomic E-state index is 15.5. The SMILES string of the molecule is C=Cc1ccc(C2(c3ccc(F)cc3)c3ccccc3-c3ccc(N(c4ccc(-c5ccc(N(c6ccc(F)c(F)c6)c6ccc7c(c6)C(c6ccc(F)cc6)(c6ccc(C=C)cc6)c6ccccc6-7)cc5)cc4)c4ccc(F)c(F)c4)cc32)cc1. The first-order valence-electron chi connectivity index (χ1n) is 28.2. The van der Waals surface area contributed by atoms with E-state index in [1.807, 2.05) is 143 Å². The smallest absolute Gasteiger partial charge is 0.160 e. The van der Waals surface area contributed by atoms with Crippen molar-refractivity contribution in [1.29, 1.82) is 0 Å². The van der Waals surface area contributed by atoms with Gasteiger partial charge in [-0.25, -0.2) is 26.3 Å². The molecule has 2 aliphatic rings. The summed E-state index contributed by atoms with van der Waals surface area (Å²) in [6.45, 7) is 7.96. The van der Waals surface area contributed by atoms with E-state index in [-0.39, 0.29) is 11.6 Å². The average molecular weight is 1130 g/mol. The van der Waals surface area contributed by atoms with Crippen molar-refractivity contribution in [2.24, 2.45) is 0 Å². The van der Waals surface area contributed by atoms with Gasteiger partial charge in [0.05, 0.1) is 10.8 Å². The number of hydrogen-bond acceptors (Lipinski definition) is 2. The second-order valence-corrected chi connectivity index (χ2v) is 21.7. The zero-order chi connectivity index (χ0) is 58.8. The summed E-state index contributed by atoms with van der Waals surface area (Å²) in [5, 5.41) is 0. The van der Waals surface area contributed by atoms with Crippen molar-refractivity contribution in [3.8, 4) is 33.4 Å². The van der Waals surface area contributed by atoms with Gasteiger partial charge in [-0.2, -0.15) is 0 Å². The standard InChI is InChI=1S/C78H50F6N2/c1-3-49-13-21-53(22-14-49)77(55-25-29-57(79)30-26-55)69-11-7-5-9-65(69)67-41-37-61(45-71(67)77)85(63-39-43-73(81)75(83)47-63)59-33-17-51(18-34-59)52-19-35-60(36-20-52)86(64-40-44-74(82)76(84)48-64)62-38-42-68-66-10-6-8-12-70(66)78(72(68)46-62,56-27-31-58(80)32-28-56)54-23-15-50(4-2)16-24-54/h3-48H,1-2H2. The third-order valence-electron chi connectivity index (χ3n) is 17.2. The Kier molecular flexibility index (Phi) is 13.1. The van der Waals surface area contributed by atoms with Crippen LogP contribution < -0.4 is 9.80 Å². The maximum Gasteiger partial charge on any atom is 0.160 e. The minimum absolute atomic E-state index is 0.362. The van der Waals surface area contributed by atoms with Crippen LogP contribution in [0.15, 0.2) is 280 Å². The largest absolute Gasteiger partial charge is 0.310 e. The molecule has 12 aromatic carbocycles. The molecule has 0 fully saturated rings. The van der Waals surface area contributed by atoms with Crippen LogP contribution in [-0.4, -0.2) is 0 Å². The van der Waals surface area contributed by atoms with Crippen molar-refractivity contribution in [2.75, 3.05) is 9.80 Å². The molecule has 0 spiro atoms. The molecule has 0 radical (unpaired) electrons. The van der Waals surface area contributed by atoms with E-state index < -0.39 is 34.1 Å². The summed E-state index contributed by atoms with van der Waals surface area (Å²) in [5.41, 5.74) is 16.6. The van der Waals surface area contributed by atoms with Gasteiger partial charge in [0.2, 0.25) is 0 Å². The quantitative estimate of drug-likeness (QED) is 0.106. The first kappa shape index (κ1) is 53.3. The highest BCUT2D eigenvalue weighted by atomic mass is 19.2. The van der Waals surface area contributed by atoms with E-state index in [1.54, 1.807) is 24.3 Å². The Morgan fingerprint density at radius 1 is 0.267 bits per heavy atom. The number of hydrogen-bond donors (Lipinski definition) is 0. The van der Waals surface area contributed by atoms with Gasteiger partial charge in [0.15, 0.2) is 23.3 Å². The highest BCUT2D eigenvalue weighted by Gasteiger charge is 2.48. The Hall–Kier alpha value is -10.7. The number of fused-ring (bicyclic) bond motifs is 6. The summed E-state index contributed by atoms with van der Waals surface area (Å²) in [4.78, 5) is 3.79. The third kappa shape index (κ3) is 8.58. The highest BCUT2D eigenvalue weighted by Crippen LogP contribution is 2.59. The molecule has 0 bridgehead atoms. The summed E-state index contributed by atoms with van der Waals surface area (Å²) in [6.07, 6.45) is 3.58. The predicted molar refractivity (Wildman–Crippen MR) is 336 cm³/mol. The molecule has 2 aliphatic carbocycles. The minimum Gasteiger partial charge on any atom is -0.310 e. The van der Waals surface area contributed by atoms with Gasteiger partial charge in [0, 0.05) is 46.3 Å². The first-order valence-corrected chi connectivity index (χ1v) is 28.2. The highest BCUT2D eigenvalue weighted by molar-refractivity contribution is 5.92. The molecule has 414 valence electrons. The van der Waals surface area contributed by atoms with Gasteiger partial charge in [0.25, 0.3) is 0 Å². The van der Waals surface area contributed by atoms with Crippen LogP contribution in [0.4, 0.5) is 60.5 Å². The zero-order valence-electron chi connectivity index (χ0n) is 46.1. The van der Waals surface area contributed by atoms with Crippen LogP contribution in [0.3, 0.4) is 0 Å². The minimum atomic E-state index is -1.01. The molecular weight excluding hydrogens is 1080 g/mol. The van der Waals surface area contributed by atoms with E-state index in [0.717, 1.165) is 101 Å². The second-order valence-electron chi connectivity index (χ2n) is 21.7. The van der Waals surface area contributed by atoms with Crippen LogP contribution in [0, 0.1) is 34.9 Å². The molecule has 86 heavy (non-hydrogen) atoms. The average Bonchev–Trinajstić information content (AvgIpc) is 1.60. The van der Waals surface area contributed by atoms with Gasteiger partial charge in [0.1, 0.15) is 11.6 Å². The summed E-state index contributed by atoms with van der Waals surface area (Å²) in [7, 11) is 0. The monoisotopic (exact) mass is 1130 g/mol. The number of anilines is 6. The van der Waals surface area contributed by atoms with Gasteiger partial charge in [-0.3, -0.25) is 0 Å². The molecule has 0 saturated carbocycles. The number of rotatable bonds is 13. The van der Waals surface area contributed by atoms with Crippen LogP contribution in [0.2, 0.25) is 0 Å². The maximum atomic E-state index is 15.5. The Morgan fingerprint density at radius 2 is 0.570 bits per heavy atom. The van der Waals surface area contributed by atoms with E-state index in [0.29, 0.717) is 34.1 Å². The van der Waals surface area contributed by atoms with Crippen LogP contribution >= 0.6 is 0 Å². The predicted octanol–water partition coefficient (Wildman–Crippen LogP) is 21.1. The molecule has 2 nitrogen and oxygen atoms in total. The van der Waals surface area contributed by atoms with Crippen molar-refractivity contribution < 1.29 is 26.3 Å². The van der Waals surface area contributed by atoms with Crippen molar-refractivity contribution in [3.05, 3.63) is 371 Å². The number of nitrogens with zero attached hydrogens (tertiary/aromatic N) is 2. The summed E-state index contributed by atoms with van der Waals surface area (Å²) < 4.78 is 90.3. The Balaban J connectivity index is 0.870. The lowest BCUT2D eigenvalue weighted by Crippen LogP contribution is -2.29. The van der Waals surface area contributed by atoms with Crippen molar-refractivity contribution in [1.82, 2.24) is 0 Å². The number of benzene rings is 12. The molecule has 0 N–H and O–H groups in total. The van der Waals surface area contributed by atoms with E-state index in [9.17, 15) is 17.6 Å². The van der Waals surface area contributed by atoms with E-state index in [2.05, 4.69) is 86.0 Å². The van der Waals surface area contributed by atoms with E-state index >= 15 is 8.78 Å². The third-order valence-corrected chi connectivity index (χ3v) is 17.2. The summed E-state index contributed by atoms with van der Waals surface area (Å²) in [6, 6.07) is 81.6. The Labute approximate surface area is 494 Å².